The molecule has 2 fully saturated rings. The molecular formula is C16H26N6O4. The Morgan fingerprint density at radius 1 is 1.19 bits per heavy atom. The Morgan fingerprint density at radius 2 is 2.00 bits per heavy atom. The summed E-state index contributed by atoms with van der Waals surface area (Å²) in [6.45, 7) is 3.14. The number of hydrogen-bond acceptors (Lipinski definition) is 7. The summed E-state index contributed by atoms with van der Waals surface area (Å²) in [6, 6.07) is -0.219. The number of aliphatic hydroxyl groups is 1. The maximum Gasteiger partial charge on any atom is 0.224 e. The fourth-order valence-corrected chi connectivity index (χ4v) is 3.42. The third kappa shape index (κ3) is 4.98. The highest BCUT2D eigenvalue weighted by molar-refractivity contribution is 5.80. The number of rotatable bonds is 6. The molecule has 1 atom stereocenters. The molecule has 0 spiro atoms. The van der Waals surface area contributed by atoms with E-state index in [2.05, 4.69) is 15.5 Å². The molecule has 0 saturated carbocycles. The lowest BCUT2D eigenvalue weighted by atomic mass is 10.1. The standard InChI is InChI=1S/C16H26N6O4/c23-14-3-6-20(7-4-14)16(25)10-13-11-26-9-8-22(13)15(24)2-1-5-21-12-17-18-19-21/h12-14,23H,1-11H2. The SMILES string of the molecule is O=C(CC1COCCN1C(=O)CCCn1cnnn1)N1CCC(O)CC1. The minimum atomic E-state index is -0.310. The van der Waals surface area contributed by atoms with E-state index in [1.165, 1.54) is 6.33 Å². The Morgan fingerprint density at radius 3 is 2.73 bits per heavy atom. The van der Waals surface area contributed by atoms with Crippen LogP contribution in [-0.2, 0) is 20.9 Å². The molecule has 26 heavy (non-hydrogen) atoms. The number of aliphatic hydroxyl groups excluding tert-OH is 1. The highest BCUT2D eigenvalue weighted by Gasteiger charge is 2.31. The second kappa shape index (κ2) is 9.04. The van der Waals surface area contributed by atoms with Crippen molar-refractivity contribution in [2.24, 2.45) is 0 Å². The lowest BCUT2D eigenvalue weighted by Crippen LogP contribution is -2.51. The van der Waals surface area contributed by atoms with Crippen LogP contribution >= 0.6 is 0 Å². The molecule has 1 N–H and O–H groups in total. The third-order valence-electron chi connectivity index (χ3n) is 4.94. The predicted octanol–water partition coefficient (Wildman–Crippen LogP) is -0.946. The first kappa shape index (κ1) is 18.7. The van der Waals surface area contributed by atoms with E-state index in [1.807, 2.05) is 0 Å². The van der Waals surface area contributed by atoms with Crippen molar-refractivity contribution in [2.45, 2.75) is 50.8 Å². The Labute approximate surface area is 152 Å². The Balaban J connectivity index is 1.48. The highest BCUT2D eigenvalue weighted by atomic mass is 16.5. The number of amides is 2. The van der Waals surface area contributed by atoms with Crippen molar-refractivity contribution >= 4 is 11.8 Å². The Kier molecular flexibility index (Phi) is 6.51. The minimum absolute atomic E-state index is 0.0267. The number of aryl methyl sites for hydroxylation is 1. The Bertz CT molecular complexity index is 588. The molecule has 10 heteroatoms. The Hall–Kier alpha value is -2.07. The van der Waals surface area contributed by atoms with E-state index >= 15 is 0 Å². The zero-order valence-electron chi connectivity index (χ0n) is 14.9. The maximum absolute atomic E-state index is 12.6. The first-order valence-electron chi connectivity index (χ1n) is 9.17. The third-order valence-corrected chi connectivity index (χ3v) is 4.94. The van der Waals surface area contributed by atoms with E-state index in [0.29, 0.717) is 65.1 Å². The van der Waals surface area contributed by atoms with Crippen molar-refractivity contribution < 1.29 is 19.4 Å². The molecule has 3 rings (SSSR count). The van der Waals surface area contributed by atoms with Crippen molar-refractivity contribution in [3.8, 4) is 0 Å². The van der Waals surface area contributed by atoms with Crippen LogP contribution in [0.15, 0.2) is 6.33 Å². The van der Waals surface area contributed by atoms with E-state index in [9.17, 15) is 14.7 Å². The smallest absolute Gasteiger partial charge is 0.224 e. The molecule has 3 heterocycles. The van der Waals surface area contributed by atoms with Crippen LogP contribution in [0.4, 0.5) is 0 Å². The fourth-order valence-electron chi connectivity index (χ4n) is 3.42. The van der Waals surface area contributed by atoms with Gasteiger partial charge in [0.05, 0.1) is 25.4 Å². The number of ether oxygens (including phenoxy) is 1. The highest BCUT2D eigenvalue weighted by Crippen LogP contribution is 2.17. The fraction of sp³-hybridized carbons (Fsp3) is 0.812. The number of tetrazole rings is 1. The average molecular weight is 366 g/mol. The van der Waals surface area contributed by atoms with Crippen LogP contribution in [0.3, 0.4) is 0 Å². The number of carbonyl (C=O) groups excluding carboxylic acids is 2. The van der Waals surface area contributed by atoms with Crippen molar-refractivity contribution in [3.05, 3.63) is 6.33 Å². The second-order valence-electron chi connectivity index (χ2n) is 6.81. The normalized spacial score (nSPS) is 21.8. The van der Waals surface area contributed by atoms with E-state index in [0.717, 1.165) is 0 Å². The van der Waals surface area contributed by atoms with Crippen molar-refractivity contribution in [2.75, 3.05) is 32.8 Å². The molecule has 10 nitrogen and oxygen atoms in total. The van der Waals surface area contributed by atoms with Crippen molar-refractivity contribution in [1.82, 2.24) is 30.0 Å². The molecule has 2 aliphatic heterocycles. The van der Waals surface area contributed by atoms with Gasteiger partial charge in [-0.3, -0.25) is 9.59 Å². The molecule has 1 aromatic rings. The summed E-state index contributed by atoms with van der Waals surface area (Å²) in [6.07, 6.45) is 3.76. The van der Waals surface area contributed by atoms with E-state index < -0.39 is 0 Å². The van der Waals surface area contributed by atoms with Gasteiger partial charge in [0.25, 0.3) is 0 Å². The molecule has 0 bridgehead atoms. The number of piperidine rings is 1. The van der Waals surface area contributed by atoms with Gasteiger partial charge in [-0.1, -0.05) is 0 Å². The average Bonchev–Trinajstić information content (AvgIpc) is 3.16. The molecule has 2 amide bonds. The summed E-state index contributed by atoms with van der Waals surface area (Å²) in [4.78, 5) is 28.7. The monoisotopic (exact) mass is 366 g/mol. The summed E-state index contributed by atoms with van der Waals surface area (Å²) in [5, 5.41) is 20.5. The molecule has 1 unspecified atom stereocenters. The van der Waals surface area contributed by atoms with Crippen LogP contribution in [0.25, 0.3) is 0 Å². The van der Waals surface area contributed by atoms with Crippen LogP contribution in [0.2, 0.25) is 0 Å². The van der Waals surface area contributed by atoms with E-state index in [1.54, 1.807) is 14.5 Å². The van der Waals surface area contributed by atoms with Crippen molar-refractivity contribution in [3.63, 3.8) is 0 Å². The van der Waals surface area contributed by atoms with Crippen LogP contribution in [0.1, 0.15) is 32.1 Å². The lowest BCUT2D eigenvalue weighted by molar-refractivity contribution is -0.144. The molecular weight excluding hydrogens is 340 g/mol. The second-order valence-corrected chi connectivity index (χ2v) is 6.81. The largest absolute Gasteiger partial charge is 0.393 e. The number of aromatic nitrogens is 4. The lowest BCUT2D eigenvalue weighted by Gasteiger charge is -2.37. The van der Waals surface area contributed by atoms with Gasteiger partial charge < -0.3 is 19.6 Å². The quantitative estimate of drug-likeness (QED) is 0.691. The summed E-state index contributed by atoms with van der Waals surface area (Å²) >= 11 is 0. The number of likely N-dealkylation sites (tertiary alicyclic amines) is 1. The van der Waals surface area contributed by atoms with Gasteiger partial charge in [0.1, 0.15) is 6.33 Å². The van der Waals surface area contributed by atoms with Gasteiger partial charge in [0.2, 0.25) is 11.8 Å². The molecule has 2 saturated heterocycles. The van der Waals surface area contributed by atoms with E-state index in [-0.39, 0.29) is 30.4 Å². The van der Waals surface area contributed by atoms with Crippen LogP contribution < -0.4 is 0 Å². The van der Waals surface area contributed by atoms with Gasteiger partial charge in [-0.25, -0.2) is 4.68 Å². The van der Waals surface area contributed by atoms with E-state index in [4.69, 9.17) is 4.74 Å². The molecule has 0 aromatic carbocycles. The predicted molar refractivity (Wildman–Crippen MR) is 89.8 cm³/mol. The first-order valence-corrected chi connectivity index (χ1v) is 9.17. The molecule has 0 aliphatic carbocycles. The van der Waals surface area contributed by atoms with Gasteiger partial charge in [0, 0.05) is 39.0 Å². The zero-order chi connectivity index (χ0) is 18.4. The maximum atomic E-state index is 12.6. The number of nitrogens with zero attached hydrogens (tertiary/aromatic N) is 6. The summed E-state index contributed by atoms with van der Waals surface area (Å²) in [7, 11) is 0. The zero-order valence-corrected chi connectivity index (χ0v) is 14.9. The summed E-state index contributed by atoms with van der Waals surface area (Å²) in [5.41, 5.74) is 0. The van der Waals surface area contributed by atoms with Gasteiger partial charge in [-0.05, 0) is 29.7 Å². The minimum Gasteiger partial charge on any atom is -0.393 e. The van der Waals surface area contributed by atoms with Gasteiger partial charge in [-0.2, -0.15) is 0 Å². The summed E-state index contributed by atoms with van der Waals surface area (Å²) < 4.78 is 7.09. The van der Waals surface area contributed by atoms with Gasteiger partial charge in [-0.15, -0.1) is 5.10 Å². The van der Waals surface area contributed by atoms with Gasteiger partial charge >= 0.3 is 0 Å². The number of morpholine rings is 1. The molecule has 2 aliphatic rings. The van der Waals surface area contributed by atoms with Crippen LogP contribution in [0, 0.1) is 0 Å². The number of hydrogen-bond donors (Lipinski definition) is 1. The topological polar surface area (TPSA) is 114 Å². The van der Waals surface area contributed by atoms with Crippen LogP contribution in [0.5, 0.6) is 0 Å². The van der Waals surface area contributed by atoms with Gasteiger partial charge in [0.15, 0.2) is 0 Å². The molecule has 1 aromatic heterocycles. The van der Waals surface area contributed by atoms with Crippen LogP contribution in [-0.4, -0.2) is 91.9 Å². The summed E-state index contributed by atoms with van der Waals surface area (Å²) in [5.74, 6) is 0.0622. The molecule has 144 valence electrons. The first-order chi connectivity index (χ1) is 12.6. The van der Waals surface area contributed by atoms with Crippen molar-refractivity contribution in [1.29, 1.82) is 0 Å². The molecule has 0 radical (unpaired) electrons. The number of carbonyl (C=O) groups is 2.